The molecule has 0 fully saturated rings. The minimum Gasteiger partial charge on any atom is -0.391 e. The van der Waals surface area contributed by atoms with E-state index in [0.717, 1.165) is 12.0 Å². The van der Waals surface area contributed by atoms with Crippen LogP contribution in [-0.4, -0.2) is 23.7 Å². The van der Waals surface area contributed by atoms with E-state index < -0.39 is 6.10 Å². The number of nitrogens with one attached hydrogen (secondary N) is 1. The van der Waals surface area contributed by atoms with Gasteiger partial charge in [-0.15, -0.1) is 0 Å². The van der Waals surface area contributed by atoms with Gasteiger partial charge in [-0.25, -0.2) is 0 Å². The normalized spacial score (nSPS) is 14.0. The van der Waals surface area contributed by atoms with Crippen LogP contribution >= 0.6 is 11.6 Å². The third-order valence-corrected chi connectivity index (χ3v) is 3.34. The van der Waals surface area contributed by atoms with Crippen molar-refractivity contribution in [3.63, 3.8) is 0 Å². The number of amides is 1. The Hall–Kier alpha value is -1.06. The number of carbonyl (C=O) groups is 1. The van der Waals surface area contributed by atoms with E-state index in [1.165, 1.54) is 0 Å². The maximum Gasteiger partial charge on any atom is 0.224 e. The van der Waals surface area contributed by atoms with Crippen LogP contribution in [-0.2, 0) is 11.2 Å². The van der Waals surface area contributed by atoms with Crippen molar-refractivity contribution in [2.45, 2.75) is 32.8 Å². The van der Waals surface area contributed by atoms with Gasteiger partial charge in [0.05, 0.1) is 12.5 Å². The highest BCUT2D eigenvalue weighted by Crippen LogP contribution is 2.10. The summed E-state index contributed by atoms with van der Waals surface area (Å²) in [5.41, 5.74) is 0.912. The quantitative estimate of drug-likeness (QED) is 0.833. The van der Waals surface area contributed by atoms with Gasteiger partial charge >= 0.3 is 0 Å². The van der Waals surface area contributed by atoms with Crippen molar-refractivity contribution in [2.24, 2.45) is 5.92 Å². The van der Waals surface area contributed by atoms with Crippen molar-refractivity contribution in [1.29, 1.82) is 0 Å². The van der Waals surface area contributed by atoms with Gasteiger partial charge in [-0.05, 0) is 23.6 Å². The highest BCUT2D eigenvalue weighted by molar-refractivity contribution is 6.30. The predicted molar refractivity (Wildman–Crippen MR) is 73.6 cm³/mol. The van der Waals surface area contributed by atoms with Crippen molar-refractivity contribution in [3.05, 3.63) is 34.9 Å². The van der Waals surface area contributed by atoms with Crippen molar-refractivity contribution >= 4 is 17.5 Å². The molecule has 4 heteroatoms. The number of hydrogen-bond acceptors (Lipinski definition) is 2. The van der Waals surface area contributed by atoms with Crippen molar-refractivity contribution in [3.8, 4) is 0 Å². The smallest absolute Gasteiger partial charge is 0.224 e. The molecule has 1 rings (SSSR count). The molecule has 0 aliphatic carbocycles. The maximum atomic E-state index is 11.7. The lowest BCUT2D eigenvalue weighted by Gasteiger charge is -2.17. The fraction of sp³-hybridized carbons (Fsp3) is 0.500. The molecule has 1 amide bonds. The van der Waals surface area contributed by atoms with Crippen LogP contribution in [0, 0.1) is 5.92 Å². The molecule has 0 heterocycles. The first-order valence-electron chi connectivity index (χ1n) is 6.22. The van der Waals surface area contributed by atoms with Gasteiger partial charge in [-0.3, -0.25) is 4.79 Å². The molecule has 0 aromatic heterocycles. The van der Waals surface area contributed by atoms with Crippen LogP contribution in [0.1, 0.15) is 25.8 Å². The summed E-state index contributed by atoms with van der Waals surface area (Å²) in [5.74, 6) is 0.112. The molecule has 0 aliphatic heterocycles. The first-order valence-corrected chi connectivity index (χ1v) is 6.60. The van der Waals surface area contributed by atoms with E-state index in [9.17, 15) is 9.90 Å². The number of aliphatic hydroxyl groups excluding tert-OH is 1. The Morgan fingerprint density at radius 1 is 1.39 bits per heavy atom. The van der Waals surface area contributed by atoms with Crippen molar-refractivity contribution < 1.29 is 9.90 Å². The van der Waals surface area contributed by atoms with Crippen molar-refractivity contribution in [2.75, 3.05) is 6.54 Å². The minimum atomic E-state index is -0.482. The lowest BCUT2D eigenvalue weighted by molar-refractivity contribution is -0.121. The van der Waals surface area contributed by atoms with Gasteiger partial charge in [0.15, 0.2) is 0 Å². The monoisotopic (exact) mass is 269 g/mol. The van der Waals surface area contributed by atoms with Gasteiger partial charge in [0.25, 0.3) is 0 Å². The fourth-order valence-electron chi connectivity index (χ4n) is 1.54. The average Bonchev–Trinajstić information content (AvgIpc) is 2.37. The zero-order valence-electron chi connectivity index (χ0n) is 10.8. The van der Waals surface area contributed by atoms with Crippen LogP contribution in [0.2, 0.25) is 5.02 Å². The molecule has 0 saturated carbocycles. The summed E-state index contributed by atoms with van der Waals surface area (Å²) in [6.45, 7) is 4.29. The molecule has 3 nitrogen and oxygen atoms in total. The van der Waals surface area contributed by atoms with Gasteiger partial charge in [-0.1, -0.05) is 44.0 Å². The highest BCUT2D eigenvalue weighted by atomic mass is 35.5. The van der Waals surface area contributed by atoms with E-state index in [1.807, 2.05) is 26.0 Å². The number of benzene rings is 1. The molecular formula is C14H20ClNO2. The van der Waals surface area contributed by atoms with Gasteiger partial charge in [-0.2, -0.15) is 0 Å². The van der Waals surface area contributed by atoms with Crippen LogP contribution in [0.3, 0.4) is 0 Å². The third kappa shape index (κ3) is 5.07. The second-order valence-electron chi connectivity index (χ2n) is 4.56. The highest BCUT2D eigenvalue weighted by Gasteiger charge is 2.13. The van der Waals surface area contributed by atoms with Crippen LogP contribution < -0.4 is 5.32 Å². The molecule has 100 valence electrons. The zero-order valence-corrected chi connectivity index (χ0v) is 11.6. The Morgan fingerprint density at radius 3 is 2.56 bits per heavy atom. The summed E-state index contributed by atoms with van der Waals surface area (Å²) in [6, 6.07) is 7.18. The molecule has 0 saturated heterocycles. The Balaban J connectivity index is 2.36. The Bertz CT molecular complexity index is 378. The molecule has 2 unspecified atom stereocenters. The summed E-state index contributed by atoms with van der Waals surface area (Å²) >= 11 is 5.77. The molecule has 1 aromatic carbocycles. The lowest BCUT2D eigenvalue weighted by Crippen LogP contribution is -2.36. The van der Waals surface area contributed by atoms with Crippen LogP contribution in [0.5, 0.6) is 0 Å². The predicted octanol–water partition coefficient (Wildman–Crippen LogP) is 2.41. The maximum absolute atomic E-state index is 11.7. The van der Waals surface area contributed by atoms with Gasteiger partial charge in [0.1, 0.15) is 0 Å². The summed E-state index contributed by atoms with van der Waals surface area (Å²) < 4.78 is 0. The minimum absolute atomic E-state index is 0.0836. The third-order valence-electron chi connectivity index (χ3n) is 3.09. The van der Waals surface area contributed by atoms with E-state index in [4.69, 9.17) is 11.6 Å². The molecule has 2 N–H and O–H groups in total. The molecular weight excluding hydrogens is 250 g/mol. The van der Waals surface area contributed by atoms with Gasteiger partial charge < -0.3 is 10.4 Å². The lowest BCUT2D eigenvalue weighted by atomic mass is 10.0. The summed E-state index contributed by atoms with van der Waals surface area (Å²) in [4.78, 5) is 11.7. The van der Waals surface area contributed by atoms with Gasteiger partial charge in [0, 0.05) is 11.6 Å². The number of aliphatic hydroxyl groups is 1. The Morgan fingerprint density at radius 2 is 2.00 bits per heavy atom. The topological polar surface area (TPSA) is 49.3 Å². The summed E-state index contributed by atoms with van der Waals surface area (Å²) in [6.07, 6.45) is 0.725. The van der Waals surface area contributed by atoms with E-state index in [0.29, 0.717) is 18.0 Å². The first kappa shape index (κ1) is 15.0. The molecule has 2 atom stereocenters. The summed E-state index contributed by atoms with van der Waals surface area (Å²) in [7, 11) is 0. The zero-order chi connectivity index (χ0) is 13.5. The van der Waals surface area contributed by atoms with E-state index in [2.05, 4.69) is 5.32 Å². The molecule has 0 bridgehead atoms. The van der Waals surface area contributed by atoms with E-state index >= 15 is 0 Å². The molecule has 0 aliphatic rings. The Kier molecular flexibility index (Phi) is 6.16. The van der Waals surface area contributed by atoms with Gasteiger partial charge in [0.2, 0.25) is 5.91 Å². The summed E-state index contributed by atoms with van der Waals surface area (Å²) in [5, 5.41) is 13.1. The number of carbonyl (C=O) groups excluding carboxylic acids is 1. The largest absolute Gasteiger partial charge is 0.391 e. The fourth-order valence-corrected chi connectivity index (χ4v) is 1.67. The van der Waals surface area contributed by atoms with Crippen LogP contribution in [0.15, 0.2) is 24.3 Å². The second-order valence-corrected chi connectivity index (χ2v) is 5.00. The average molecular weight is 270 g/mol. The number of hydrogen-bond donors (Lipinski definition) is 2. The molecule has 1 aromatic rings. The molecule has 0 spiro atoms. The molecule has 18 heavy (non-hydrogen) atoms. The van der Waals surface area contributed by atoms with E-state index in [-0.39, 0.29) is 11.8 Å². The SMILES string of the molecule is CCC(C)C(O)CNC(=O)Cc1ccc(Cl)cc1. The van der Waals surface area contributed by atoms with E-state index in [1.54, 1.807) is 12.1 Å². The van der Waals surface area contributed by atoms with Crippen LogP contribution in [0.25, 0.3) is 0 Å². The first-order chi connectivity index (χ1) is 8.52. The molecule has 0 radical (unpaired) electrons. The Labute approximate surface area is 113 Å². The second kappa shape index (κ2) is 7.39. The standard InChI is InChI=1S/C14H20ClNO2/c1-3-10(2)13(17)9-16-14(18)8-11-4-6-12(15)7-5-11/h4-7,10,13,17H,3,8-9H2,1-2H3,(H,16,18). The number of rotatable bonds is 6. The van der Waals surface area contributed by atoms with Crippen LogP contribution in [0.4, 0.5) is 0 Å². The van der Waals surface area contributed by atoms with Crippen molar-refractivity contribution in [1.82, 2.24) is 5.32 Å². The number of halogens is 1.